The van der Waals surface area contributed by atoms with Crippen LogP contribution in [0, 0.1) is 0 Å². The number of para-hydroxylation sites is 9. The first-order chi connectivity index (χ1) is 72.9. The minimum absolute atomic E-state index is 0.625. The summed E-state index contributed by atoms with van der Waals surface area (Å²) in [5.41, 5.74) is 30.7. The average Bonchev–Trinajstić information content (AvgIpc) is 1.54. The molecule has 13 heterocycles. The van der Waals surface area contributed by atoms with Gasteiger partial charge in [-0.05, 0) is 222 Å². The van der Waals surface area contributed by atoms with Gasteiger partial charge in [-0.25, -0.2) is 29.9 Å². The van der Waals surface area contributed by atoms with Crippen molar-refractivity contribution in [3.05, 3.63) is 480 Å². The molecule has 32 aromatic rings. The molecule has 0 aliphatic carbocycles. The van der Waals surface area contributed by atoms with Crippen LogP contribution in [-0.2, 0) is 0 Å². The lowest BCUT2D eigenvalue weighted by atomic mass is 10.0. The maximum atomic E-state index is 7.12. The van der Waals surface area contributed by atoms with Gasteiger partial charge >= 0.3 is 0 Å². The van der Waals surface area contributed by atoms with Crippen molar-refractivity contribution in [3.8, 4) is 90.8 Å². The Bertz CT molecular complexity index is 10900. The van der Waals surface area contributed by atoms with E-state index in [-0.39, 0.29) is 0 Å². The van der Waals surface area contributed by atoms with Crippen LogP contribution in [0.4, 0.5) is 0 Å². The lowest BCUT2D eigenvalue weighted by Gasteiger charge is -2.10. The van der Waals surface area contributed by atoms with Gasteiger partial charge in [0.1, 0.15) is 34.3 Å². The van der Waals surface area contributed by atoms with E-state index in [9.17, 15) is 0 Å². The molecule has 0 saturated heterocycles. The smallest absolute Gasteiger partial charge is 0.164 e. The molecule has 0 fully saturated rings. The van der Waals surface area contributed by atoms with Crippen molar-refractivity contribution in [2.75, 3.05) is 0 Å². The maximum Gasteiger partial charge on any atom is 0.164 e. The lowest BCUT2D eigenvalue weighted by Crippen LogP contribution is -2.00. The minimum atomic E-state index is 0.625. The fraction of sp³-hybridized carbons (Fsp3) is 0. The summed E-state index contributed by atoms with van der Waals surface area (Å²) in [5.74, 6) is 3.74. The van der Waals surface area contributed by atoms with Gasteiger partial charge in [0.25, 0.3) is 0 Å². The molecule has 0 spiro atoms. The molecule has 0 amide bonds. The number of fused-ring (bicyclic) bond motifs is 29. The van der Waals surface area contributed by atoms with E-state index in [1.165, 1.54) is 114 Å². The summed E-state index contributed by atoms with van der Waals surface area (Å²) < 4.78 is 25.7. The molecule has 14 nitrogen and oxygen atoms in total. The Labute approximate surface area is 847 Å². The molecule has 0 aliphatic heterocycles. The normalized spacial score (nSPS) is 11.9. The first-order valence-electron chi connectivity index (χ1n) is 49.3. The van der Waals surface area contributed by atoms with E-state index in [1.807, 2.05) is 72.9 Å². The Kier molecular flexibility index (Phi) is 19.1. The molecule has 0 bridgehead atoms. The Morgan fingerprint density at radius 2 is 0.524 bits per heavy atom. The summed E-state index contributed by atoms with van der Waals surface area (Å²) >= 11 is 3.50. The number of furan rings is 1. The standard InChI is InChI=1S/C51H31N5O.2C40H24N4S/c1-4-14-32(15-5-1)49-52-50(33-16-6-2-7-17-33)54-51(53-49)34-24-26-36(27-25-34)56-42-23-13-11-21-40(42)46-44(56)31-29-38-37-28-30-43-45(47(37)57-48(38)46)39-20-10-12-22-41(39)55(43)35-18-8-3-9-19-35;1-2-10-27(11-3-1)43-33-15-7-4-12-28(33)31-22-25(18-20-35(31)43)26-19-21-36-32(23-26)29-13-5-8-16-34(29)44(36)40-39-38(41-24-42-40)30-14-6-9-17-37(30)45-39;1-2-9-27(10-3-1)43-32-13-6-4-11-28(32)30-23-25(16-18-34(30)43)26-17-19-35-31(24-26)29-12-5-7-14-33(29)44(35)38-21-20-37-40(42-38)39-36(45-37)15-8-22-41-39/h1-31H;2*1-24H. The Morgan fingerprint density at radius 3 is 0.986 bits per heavy atom. The minimum Gasteiger partial charge on any atom is -0.455 e. The zero-order chi connectivity index (χ0) is 96.4. The highest BCUT2D eigenvalue weighted by Crippen LogP contribution is 2.49. The van der Waals surface area contributed by atoms with Crippen LogP contribution >= 0.6 is 22.7 Å². The van der Waals surface area contributed by atoms with Crippen LogP contribution in [0.3, 0.4) is 0 Å². The van der Waals surface area contributed by atoms with E-state index in [0.29, 0.717) is 17.5 Å². The first kappa shape index (κ1) is 83.4. The molecule has 0 aliphatic rings. The largest absolute Gasteiger partial charge is 0.455 e. The molecule has 13 aromatic heterocycles. The monoisotopic (exact) mass is 1910 g/mol. The zero-order valence-electron chi connectivity index (χ0n) is 78.6. The second kappa shape index (κ2) is 33.7. The van der Waals surface area contributed by atoms with E-state index in [4.69, 9.17) is 34.3 Å². The number of hydrogen-bond acceptors (Lipinski definition) is 10. The summed E-state index contributed by atoms with van der Waals surface area (Å²) in [5, 5.41) is 17.8. The van der Waals surface area contributed by atoms with Crippen molar-refractivity contribution in [1.82, 2.24) is 62.3 Å². The quantitative estimate of drug-likeness (QED) is 0.125. The van der Waals surface area contributed by atoms with Gasteiger partial charge in [-0.2, -0.15) is 0 Å². The fourth-order valence-corrected chi connectivity index (χ4v) is 24.8. The average molecular weight is 1920 g/mol. The van der Waals surface area contributed by atoms with Gasteiger partial charge in [-0.1, -0.05) is 267 Å². The second-order valence-corrected chi connectivity index (χ2v) is 39.5. The highest BCUT2D eigenvalue weighted by Gasteiger charge is 2.28. The van der Waals surface area contributed by atoms with Crippen LogP contribution in [0.25, 0.3) is 284 Å². The van der Waals surface area contributed by atoms with Crippen molar-refractivity contribution < 1.29 is 4.42 Å². The van der Waals surface area contributed by atoms with Crippen molar-refractivity contribution in [2.45, 2.75) is 0 Å². The van der Waals surface area contributed by atoms with Crippen LogP contribution < -0.4 is 0 Å². The topological polar surface area (TPSA) is 133 Å². The fourth-order valence-electron chi connectivity index (χ4n) is 22.7. The Balaban J connectivity index is 0.000000103. The Morgan fingerprint density at radius 1 is 0.190 bits per heavy atom. The Hall–Kier alpha value is -19.4. The molecule has 0 atom stereocenters. The van der Waals surface area contributed by atoms with Crippen molar-refractivity contribution in [3.63, 3.8) is 0 Å². The summed E-state index contributed by atoms with van der Waals surface area (Å²) in [7, 11) is 0. The van der Waals surface area contributed by atoms with E-state index in [0.717, 1.165) is 153 Å². The SMILES string of the molecule is c1ccc(-c2nc(-c3ccccc3)nc(-c3ccc(-n4c5ccccc5c5c6oc7c(ccc8c7c7ccccc7n8-c7ccccc7)c6ccc54)cc3)n2)cc1.c1ccc(-n2c3ccccc3c3cc(-c4ccc5c(c4)c4ccccc4n5-c4ccc5sc6cccnc6c5n4)ccc32)cc1.c1ccc(-n2c3ccccc3c3cc(-c4ccc5c(c4)c4ccccc4n5-c4ncnc5c4sc4ccccc45)ccc32)cc1. The summed E-state index contributed by atoms with van der Waals surface area (Å²) in [6.45, 7) is 0. The van der Waals surface area contributed by atoms with Crippen LogP contribution in [0.2, 0.25) is 0 Å². The van der Waals surface area contributed by atoms with Crippen LogP contribution in [0.15, 0.2) is 484 Å². The van der Waals surface area contributed by atoms with E-state index < -0.39 is 0 Å². The van der Waals surface area contributed by atoms with Gasteiger partial charge in [0.15, 0.2) is 23.3 Å². The number of nitrogens with zero attached hydrogens (tertiary/aromatic N) is 13. The van der Waals surface area contributed by atoms with Crippen LogP contribution in [0.5, 0.6) is 0 Å². The molecular formula is C131H79N13OS2. The molecule has 0 unspecified atom stereocenters. The van der Waals surface area contributed by atoms with E-state index >= 15 is 0 Å². The van der Waals surface area contributed by atoms with Gasteiger partial charge in [0, 0.05) is 120 Å². The van der Waals surface area contributed by atoms with Gasteiger partial charge < -0.3 is 22.7 Å². The highest BCUT2D eigenvalue weighted by molar-refractivity contribution is 7.26. The van der Waals surface area contributed by atoms with Gasteiger partial charge in [0.2, 0.25) is 0 Å². The van der Waals surface area contributed by atoms with Crippen LogP contribution in [-0.4, -0.2) is 62.3 Å². The third kappa shape index (κ3) is 13.4. The van der Waals surface area contributed by atoms with Crippen molar-refractivity contribution in [2.24, 2.45) is 0 Å². The molecule has 0 saturated carbocycles. The zero-order valence-corrected chi connectivity index (χ0v) is 80.3. The number of benzene rings is 19. The predicted molar refractivity (Wildman–Crippen MR) is 610 cm³/mol. The molecular weight excluding hydrogens is 1840 g/mol. The predicted octanol–water partition coefficient (Wildman–Crippen LogP) is 34.4. The van der Waals surface area contributed by atoms with Crippen LogP contribution in [0.1, 0.15) is 0 Å². The number of rotatable bonds is 11. The molecule has 32 rings (SSSR count). The summed E-state index contributed by atoms with van der Waals surface area (Å²) in [6, 6.07) is 166. The molecule has 686 valence electrons. The van der Waals surface area contributed by atoms with E-state index in [2.05, 4.69) is 433 Å². The third-order valence-corrected chi connectivity index (χ3v) is 31.5. The summed E-state index contributed by atoms with van der Waals surface area (Å²) in [6.07, 6.45) is 3.55. The molecule has 0 N–H and O–H groups in total. The molecule has 147 heavy (non-hydrogen) atoms. The molecule has 16 heteroatoms. The van der Waals surface area contributed by atoms with Gasteiger partial charge in [-0.3, -0.25) is 14.1 Å². The number of pyridine rings is 2. The molecule has 19 aromatic carbocycles. The van der Waals surface area contributed by atoms with Crippen molar-refractivity contribution >= 4 is 216 Å². The highest BCUT2D eigenvalue weighted by atomic mass is 32.1. The second-order valence-electron chi connectivity index (χ2n) is 37.4. The van der Waals surface area contributed by atoms with Crippen molar-refractivity contribution in [1.29, 1.82) is 0 Å². The first-order valence-corrected chi connectivity index (χ1v) is 50.9. The third-order valence-electron chi connectivity index (χ3n) is 29.2. The molecule has 0 radical (unpaired) electrons. The maximum absolute atomic E-state index is 7.12. The van der Waals surface area contributed by atoms with Gasteiger partial charge in [-0.15, -0.1) is 22.7 Å². The van der Waals surface area contributed by atoms with Gasteiger partial charge in [0.05, 0.1) is 96.6 Å². The number of thiophene rings is 2. The van der Waals surface area contributed by atoms with E-state index in [1.54, 1.807) is 29.0 Å². The summed E-state index contributed by atoms with van der Waals surface area (Å²) in [4.78, 5) is 34.2. The number of hydrogen-bond donors (Lipinski definition) is 0. The number of aromatic nitrogens is 13. The lowest BCUT2D eigenvalue weighted by molar-refractivity contribution is 0.677.